The number of aromatic nitrogens is 2. The van der Waals surface area contributed by atoms with Crippen molar-refractivity contribution < 1.29 is 0 Å². The molecule has 4 nitrogen and oxygen atoms in total. The van der Waals surface area contributed by atoms with Gasteiger partial charge in [-0.15, -0.1) is 0 Å². The highest BCUT2D eigenvalue weighted by molar-refractivity contribution is 5.46. The molecule has 0 spiro atoms. The van der Waals surface area contributed by atoms with Crippen molar-refractivity contribution in [2.45, 2.75) is 45.7 Å². The maximum atomic E-state index is 12.5. The second-order valence-electron chi connectivity index (χ2n) is 7.36. The lowest BCUT2D eigenvalue weighted by Crippen LogP contribution is -2.33. The van der Waals surface area contributed by atoms with E-state index in [2.05, 4.69) is 36.1 Å². The second kappa shape index (κ2) is 7.04. The molecule has 1 saturated heterocycles. The third kappa shape index (κ3) is 3.29. The third-order valence-electron chi connectivity index (χ3n) is 5.38. The number of piperidine rings is 1. The fraction of sp³-hybridized carbons (Fsp3) is 0.364. The summed E-state index contributed by atoms with van der Waals surface area (Å²) in [6.45, 7) is 5.89. The molecular formula is C22H25N3O. The molecule has 4 heteroatoms. The second-order valence-corrected chi connectivity index (χ2v) is 7.36. The Bertz CT molecular complexity index is 975. The Hall–Kier alpha value is -2.46. The number of aryl methyl sites for hydroxylation is 2. The fourth-order valence-corrected chi connectivity index (χ4v) is 3.94. The van der Waals surface area contributed by atoms with Gasteiger partial charge >= 0.3 is 0 Å². The van der Waals surface area contributed by atoms with Crippen LogP contribution in [-0.2, 0) is 6.54 Å². The first-order valence-electron chi connectivity index (χ1n) is 9.40. The first kappa shape index (κ1) is 17.0. The SMILES string of the molecule is Cc1ccc([C@@H]2CCCCN2Cc2cc(=O)n3cccc(C)c3n2)cc1. The molecule has 0 radical (unpaired) electrons. The summed E-state index contributed by atoms with van der Waals surface area (Å²) in [6.07, 6.45) is 5.40. The van der Waals surface area contributed by atoms with Crippen LogP contribution in [0.2, 0.25) is 0 Å². The Morgan fingerprint density at radius 2 is 1.92 bits per heavy atom. The van der Waals surface area contributed by atoms with Gasteiger partial charge in [0.1, 0.15) is 5.65 Å². The molecule has 0 bridgehead atoms. The summed E-state index contributed by atoms with van der Waals surface area (Å²) in [4.78, 5) is 19.8. The molecule has 2 aromatic heterocycles. The van der Waals surface area contributed by atoms with E-state index in [9.17, 15) is 4.79 Å². The number of nitrogens with zero attached hydrogens (tertiary/aromatic N) is 3. The van der Waals surface area contributed by atoms with Gasteiger partial charge < -0.3 is 0 Å². The summed E-state index contributed by atoms with van der Waals surface area (Å²) in [5.74, 6) is 0. The number of rotatable bonds is 3. The summed E-state index contributed by atoms with van der Waals surface area (Å²) >= 11 is 0. The normalized spacial score (nSPS) is 18.3. The molecule has 0 saturated carbocycles. The molecule has 26 heavy (non-hydrogen) atoms. The van der Waals surface area contributed by atoms with Crippen LogP contribution in [0.15, 0.2) is 53.5 Å². The Morgan fingerprint density at radius 1 is 1.12 bits per heavy atom. The van der Waals surface area contributed by atoms with Crippen LogP contribution in [0.4, 0.5) is 0 Å². The van der Waals surface area contributed by atoms with Gasteiger partial charge in [-0.2, -0.15) is 0 Å². The van der Waals surface area contributed by atoms with Crippen molar-refractivity contribution in [2.75, 3.05) is 6.54 Å². The van der Waals surface area contributed by atoms with Gasteiger partial charge in [0.2, 0.25) is 0 Å². The van der Waals surface area contributed by atoms with Gasteiger partial charge in [-0.1, -0.05) is 42.3 Å². The van der Waals surface area contributed by atoms with E-state index in [1.165, 1.54) is 24.0 Å². The molecule has 3 heterocycles. The van der Waals surface area contributed by atoms with Gasteiger partial charge in [-0.05, 0) is 50.4 Å². The van der Waals surface area contributed by atoms with Crippen LogP contribution in [0.25, 0.3) is 5.65 Å². The van der Waals surface area contributed by atoms with Crippen LogP contribution in [0.5, 0.6) is 0 Å². The Balaban J connectivity index is 1.66. The summed E-state index contributed by atoms with van der Waals surface area (Å²) in [5.41, 5.74) is 5.31. The zero-order valence-electron chi connectivity index (χ0n) is 15.5. The van der Waals surface area contributed by atoms with E-state index in [4.69, 9.17) is 4.98 Å². The Labute approximate surface area is 154 Å². The molecule has 0 N–H and O–H groups in total. The molecule has 1 aliphatic heterocycles. The van der Waals surface area contributed by atoms with Crippen molar-refractivity contribution in [3.05, 3.63) is 81.4 Å². The molecular weight excluding hydrogens is 322 g/mol. The lowest BCUT2D eigenvalue weighted by molar-refractivity contribution is 0.139. The maximum absolute atomic E-state index is 12.5. The smallest absolute Gasteiger partial charge is 0.258 e. The average molecular weight is 347 g/mol. The largest absolute Gasteiger partial charge is 0.291 e. The number of benzene rings is 1. The first-order chi connectivity index (χ1) is 12.6. The van der Waals surface area contributed by atoms with Crippen LogP contribution >= 0.6 is 0 Å². The first-order valence-corrected chi connectivity index (χ1v) is 9.40. The van der Waals surface area contributed by atoms with Crippen LogP contribution in [-0.4, -0.2) is 20.8 Å². The van der Waals surface area contributed by atoms with Crippen LogP contribution in [0, 0.1) is 13.8 Å². The predicted octanol–water partition coefficient (Wildman–Crippen LogP) is 4.04. The van der Waals surface area contributed by atoms with Crippen molar-refractivity contribution >= 4 is 5.65 Å². The van der Waals surface area contributed by atoms with Gasteiger partial charge in [0, 0.05) is 24.8 Å². The lowest BCUT2D eigenvalue weighted by Gasteiger charge is -2.36. The van der Waals surface area contributed by atoms with Crippen molar-refractivity contribution in [3.63, 3.8) is 0 Å². The molecule has 4 rings (SSSR count). The quantitative estimate of drug-likeness (QED) is 0.718. The third-order valence-corrected chi connectivity index (χ3v) is 5.38. The fourth-order valence-electron chi connectivity index (χ4n) is 3.94. The van der Waals surface area contributed by atoms with Gasteiger partial charge in [-0.25, -0.2) is 4.98 Å². The summed E-state index contributed by atoms with van der Waals surface area (Å²) in [6, 6.07) is 14.8. The molecule has 134 valence electrons. The van der Waals surface area contributed by atoms with Crippen molar-refractivity contribution in [1.82, 2.24) is 14.3 Å². The van der Waals surface area contributed by atoms with Crippen LogP contribution < -0.4 is 5.56 Å². The van der Waals surface area contributed by atoms with Gasteiger partial charge in [0.25, 0.3) is 5.56 Å². The molecule has 3 aromatic rings. The van der Waals surface area contributed by atoms with E-state index in [-0.39, 0.29) is 5.56 Å². The zero-order chi connectivity index (χ0) is 18.1. The van der Waals surface area contributed by atoms with Gasteiger partial charge in [-0.3, -0.25) is 14.1 Å². The molecule has 0 unspecified atom stereocenters. The number of fused-ring (bicyclic) bond motifs is 1. The van der Waals surface area contributed by atoms with E-state index >= 15 is 0 Å². The minimum Gasteiger partial charge on any atom is -0.291 e. The Morgan fingerprint density at radius 3 is 2.73 bits per heavy atom. The average Bonchev–Trinajstić information content (AvgIpc) is 2.64. The summed E-state index contributed by atoms with van der Waals surface area (Å²) < 4.78 is 1.63. The van der Waals surface area contributed by atoms with E-state index in [0.29, 0.717) is 6.04 Å². The topological polar surface area (TPSA) is 37.6 Å². The number of hydrogen-bond acceptors (Lipinski definition) is 3. The minimum absolute atomic E-state index is 0.00223. The monoisotopic (exact) mass is 347 g/mol. The van der Waals surface area contributed by atoms with E-state index < -0.39 is 0 Å². The Kier molecular flexibility index (Phi) is 4.60. The van der Waals surface area contributed by atoms with Gasteiger partial charge in [0.05, 0.1) is 5.69 Å². The molecule has 1 aliphatic rings. The van der Waals surface area contributed by atoms with Crippen LogP contribution in [0.3, 0.4) is 0 Å². The van der Waals surface area contributed by atoms with Crippen molar-refractivity contribution in [2.24, 2.45) is 0 Å². The summed E-state index contributed by atoms with van der Waals surface area (Å²) in [7, 11) is 0. The van der Waals surface area contributed by atoms with E-state index in [1.54, 1.807) is 16.7 Å². The van der Waals surface area contributed by atoms with Gasteiger partial charge in [0.15, 0.2) is 0 Å². The lowest BCUT2D eigenvalue weighted by atomic mass is 9.94. The van der Waals surface area contributed by atoms with Crippen LogP contribution in [0.1, 0.15) is 47.7 Å². The van der Waals surface area contributed by atoms with E-state index in [0.717, 1.165) is 36.4 Å². The van der Waals surface area contributed by atoms with E-state index in [1.807, 2.05) is 19.1 Å². The molecule has 1 fully saturated rings. The molecule has 1 aromatic carbocycles. The summed E-state index contributed by atoms with van der Waals surface area (Å²) in [5, 5.41) is 0. The number of pyridine rings is 1. The van der Waals surface area contributed by atoms with Crippen molar-refractivity contribution in [1.29, 1.82) is 0 Å². The molecule has 0 aliphatic carbocycles. The number of hydrogen-bond donors (Lipinski definition) is 0. The maximum Gasteiger partial charge on any atom is 0.258 e. The predicted molar refractivity (Wildman–Crippen MR) is 104 cm³/mol. The van der Waals surface area contributed by atoms with Crippen molar-refractivity contribution in [3.8, 4) is 0 Å². The highest BCUT2D eigenvalue weighted by atomic mass is 16.1. The molecule has 1 atom stereocenters. The number of likely N-dealkylation sites (tertiary alicyclic amines) is 1. The minimum atomic E-state index is -0.00223. The zero-order valence-corrected chi connectivity index (χ0v) is 15.5. The molecule has 0 amide bonds. The standard InChI is InChI=1S/C22H25N3O/c1-16-8-10-18(11-9-16)20-7-3-4-12-24(20)15-19-14-21(26)25-13-5-6-17(2)22(25)23-19/h5-6,8-11,13-14,20H,3-4,7,12,15H2,1-2H3/t20-/m0/s1. The highest BCUT2D eigenvalue weighted by Crippen LogP contribution is 2.32. The highest BCUT2D eigenvalue weighted by Gasteiger charge is 2.24.